The van der Waals surface area contributed by atoms with Crippen LogP contribution in [0.1, 0.15) is 70.8 Å². The van der Waals surface area contributed by atoms with Gasteiger partial charge in [-0.15, -0.1) is 0 Å². The Morgan fingerprint density at radius 3 is 2.67 bits per heavy atom. The highest BCUT2D eigenvalue weighted by molar-refractivity contribution is 5.72. The lowest BCUT2D eigenvalue weighted by atomic mass is 9.47. The largest absolute Gasteiger partial charge is 0.462 e. The first-order chi connectivity index (χ1) is 15.9. The van der Waals surface area contributed by atoms with Gasteiger partial charge in [-0.25, -0.2) is 0 Å². The van der Waals surface area contributed by atoms with Crippen molar-refractivity contribution in [2.24, 2.45) is 34.5 Å². The molecule has 4 aliphatic carbocycles. The number of nitrogens with zero attached hydrogens (tertiary/aromatic N) is 1. The van der Waals surface area contributed by atoms with Crippen LogP contribution in [-0.2, 0) is 16.0 Å². The van der Waals surface area contributed by atoms with E-state index in [1.807, 2.05) is 30.3 Å². The molecule has 0 amide bonds. The standard InChI is InChI=1S/C30H41NO2/c1-20-25-11-12-27-24-10-9-22-18-23(33-28(32)17-21-7-5-4-6-8-21)13-15-29(22,2)26(24)14-16-30(25,27)19-31(20)3/h4-9,20,23-27H,10-19H2,1-3H3/t20-,23-,24+,25+,26-,27?,29-,30-/m0/s1. The topological polar surface area (TPSA) is 29.5 Å². The van der Waals surface area contributed by atoms with E-state index >= 15 is 0 Å². The van der Waals surface area contributed by atoms with Gasteiger partial charge in [-0.3, -0.25) is 4.79 Å². The summed E-state index contributed by atoms with van der Waals surface area (Å²) >= 11 is 0. The van der Waals surface area contributed by atoms with Gasteiger partial charge in [0, 0.05) is 19.0 Å². The molecule has 0 bridgehead atoms. The van der Waals surface area contributed by atoms with Crippen LogP contribution >= 0.6 is 0 Å². The minimum absolute atomic E-state index is 0.0622. The van der Waals surface area contributed by atoms with Crippen LogP contribution in [0.4, 0.5) is 0 Å². The van der Waals surface area contributed by atoms with Crippen LogP contribution in [0.25, 0.3) is 0 Å². The Bertz CT molecular complexity index is 940. The van der Waals surface area contributed by atoms with E-state index in [-0.39, 0.29) is 12.1 Å². The minimum atomic E-state index is -0.0693. The van der Waals surface area contributed by atoms with Crippen molar-refractivity contribution in [2.45, 2.75) is 83.8 Å². The first-order valence-electron chi connectivity index (χ1n) is 13.5. The molecule has 1 heterocycles. The maximum absolute atomic E-state index is 12.6. The van der Waals surface area contributed by atoms with E-state index in [2.05, 4.69) is 31.9 Å². The molecule has 1 aliphatic heterocycles. The van der Waals surface area contributed by atoms with Gasteiger partial charge in [-0.2, -0.15) is 0 Å². The summed E-state index contributed by atoms with van der Waals surface area (Å²) < 4.78 is 5.99. The van der Waals surface area contributed by atoms with Gasteiger partial charge in [0.2, 0.25) is 0 Å². The summed E-state index contributed by atoms with van der Waals surface area (Å²) in [5.41, 5.74) is 3.57. The fraction of sp³-hybridized carbons (Fsp3) is 0.700. The maximum atomic E-state index is 12.6. The van der Waals surface area contributed by atoms with Crippen molar-refractivity contribution >= 4 is 5.97 Å². The number of benzene rings is 1. The highest BCUT2D eigenvalue weighted by atomic mass is 16.5. The zero-order valence-corrected chi connectivity index (χ0v) is 20.8. The zero-order valence-electron chi connectivity index (χ0n) is 20.8. The molecule has 3 nitrogen and oxygen atoms in total. The Labute approximate surface area is 200 Å². The third-order valence-corrected chi connectivity index (χ3v) is 11.2. The van der Waals surface area contributed by atoms with Crippen molar-refractivity contribution in [2.75, 3.05) is 13.6 Å². The SMILES string of the molecule is C[C@H]1[C@H]2CCC3[C@@H]4CC=C5C[C@@H](OC(=O)Cc6ccccc6)CC[C@]5(C)[C@H]4CC[C@@]32CN1C. The third-order valence-electron chi connectivity index (χ3n) is 11.2. The Morgan fingerprint density at radius 1 is 1.06 bits per heavy atom. The Kier molecular flexibility index (Phi) is 5.29. The average molecular weight is 448 g/mol. The van der Waals surface area contributed by atoms with E-state index in [1.165, 1.54) is 45.1 Å². The molecule has 3 saturated carbocycles. The van der Waals surface area contributed by atoms with Crippen LogP contribution < -0.4 is 0 Å². The van der Waals surface area contributed by atoms with Crippen LogP contribution in [0.2, 0.25) is 0 Å². The summed E-state index contributed by atoms with van der Waals surface area (Å²) in [5.74, 6) is 3.47. The highest BCUT2D eigenvalue weighted by Gasteiger charge is 2.64. The van der Waals surface area contributed by atoms with Gasteiger partial charge in [0.1, 0.15) is 6.10 Å². The summed E-state index contributed by atoms with van der Waals surface area (Å²) in [6.45, 7) is 6.37. The van der Waals surface area contributed by atoms with Crippen molar-refractivity contribution in [1.82, 2.24) is 4.90 Å². The molecule has 8 atom stereocenters. The average Bonchev–Trinajstić information content (AvgIpc) is 3.28. The smallest absolute Gasteiger partial charge is 0.310 e. The predicted octanol–water partition coefficient (Wildman–Crippen LogP) is 6.03. The van der Waals surface area contributed by atoms with Gasteiger partial charge in [0.25, 0.3) is 0 Å². The Hall–Kier alpha value is -1.61. The lowest BCUT2D eigenvalue weighted by molar-refractivity contribution is -0.150. The molecule has 1 unspecified atom stereocenters. The van der Waals surface area contributed by atoms with Gasteiger partial charge in [0.05, 0.1) is 6.42 Å². The van der Waals surface area contributed by atoms with Crippen molar-refractivity contribution in [1.29, 1.82) is 0 Å². The normalized spacial score (nSPS) is 44.3. The molecule has 1 aromatic carbocycles. The van der Waals surface area contributed by atoms with Crippen molar-refractivity contribution in [3.63, 3.8) is 0 Å². The zero-order chi connectivity index (χ0) is 22.8. The fourth-order valence-corrected chi connectivity index (χ4v) is 9.52. The van der Waals surface area contributed by atoms with Crippen LogP contribution in [0.15, 0.2) is 42.0 Å². The Balaban J connectivity index is 1.16. The van der Waals surface area contributed by atoms with Gasteiger partial charge in [0.15, 0.2) is 0 Å². The number of ether oxygens (including phenoxy) is 1. The van der Waals surface area contributed by atoms with E-state index < -0.39 is 0 Å². The second-order valence-corrected chi connectivity index (χ2v) is 12.4. The molecular weight excluding hydrogens is 406 g/mol. The number of carbonyl (C=O) groups is 1. The maximum Gasteiger partial charge on any atom is 0.310 e. The van der Waals surface area contributed by atoms with Crippen molar-refractivity contribution in [3.8, 4) is 0 Å². The van der Waals surface area contributed by atoms with Crippen LogP contribution in [-0.4, -0.2) is 36.6 Å². The van der Waals surface area contributed by atoms with Crippen LogP contribution in [0, 0.1) is 34.5 Å². The van der Waals surface area contributed by atoms with E-state index in [1.54, 1.807) is 5.57 Å². The number of fused-ring (bicyclic) bond motifs is 4. The molecule has 5 aliphatic rings. The molecule has 1 aromatic rings. The van der Waals surface area contributed by atoms with Gasteiger partial charge in [-0.05, 0) is 99.0 Å². The molecule has 3 heteroatoms. The molecule has 0 aromatic heterocycles. The summed E-state index contributed by atoms with van der Waals surface area (Å²) in [7, 11) is 2.36. The molecule has 33 heavy (non-hydrogen) atoms. The predicted molar refractivity (Wildman–Crippen MR) is 132 cm³/mol. The molecule has 6 rings (SSSR count). The summed E-state index contributed by atoms with van der Waals surface area (Å²) in [6.07, 6.45) is 13.2. The number of hydrogen-bond acceptors (Lipinski definition) is 3. The van der Waals surface area contributed by atoms with E-state index in [4.69, 9.17) is 4.74 Å². The molecular formula is C30H41NO2. The second kappa shape index (κ2) is 7.97. The highest BCUT2D eigenvalue weighted by Crippen LogP contribution is 2.68. The summed E-state index contributed by atoms with van der Waals surface area (Å²) in [6, 6.07) is 10.7. The van der Waals surface area contributed by atoms with E-state index in [0.29, 0.717) is 17.3 Å². The Morgan fingerprint density at radius 2 is 1.85 bits per heavy atom. The number of allylic oxidation sites excluding steroid dienone is 1. The van der Waals surface area contributed by atoms with Crippen molar-refractivity contribution < 1.29 is 9.53 Å². The summed E-state index contributed by atoms with van der Waals surface area (Å²) in [4.78, 5) is 15.3. The third kappa shape index (κ3) is 3.36. The van der Waals surface area contributed by atoms with Crippen molar-refractivity contribution in [3.05, 3.63) is 47.5 Å². The number of hydrogen-bond donors (Lipinski definition) is 0. The quantitative estimate of drug-likeness (QED) is 0.418. The van der Waals surface area contributed by atoms with E-state index in [9.17, 15) is 4.79 Å². The number of rotatable bonds is 3. The lowest BCUT2D eigenvalue weighted by Gasteiger charge is -2.58. The number of likely N-dealkylation sites (tertiary alicyclic amines) is 1. The van der Waals surface area contributed by atoms with E-state index in [0.717, 1.165) is 48.1 Å². The molecule has 1 spiro atoms. The number of esters is 1. The molecule has 0 N–H and O–H groups in total. The first kappa shape index (κ1) is 21.9. The van der Waals surface area contributed by atoms with Crippen LogP contribution in [0.5, 0.6) is 0 Å². The minimum Gasteiger partial charge on any atom is -0.462 e. The van der Waals surface area contributed by atoms with Gasteiger partial charge >= 0.3 is 5.97 Å². The molecule has 0 radical (unpaired) electrons. The van der Waals surface area contributed by atoms with Gasteiger partial charge in [-0.1, -0.05) is 48.9 Å². The van der Waals surface area contributed by atoms with Gasteiger partial charge < -0.3 is 9.64 Å². The summed E-state index contributed by atoms with van der Waals surface area (Å²) in [5, 5.41) is 0. The lowest BCUT2D eigenvalue weighted by Crippen LogP contribution is -2.51. The number of carbonyl (C=O) groups excluding carboxylic acids is 1. The second-order valence-electron chi connectivity index (χ2n) is 12.4. The molecule has 4 fully saturated rings. The molecule has 1 saturated heterocycles. The monoisotopic (exact) mass is 447 g/mol. The molecule has 178 valence electrons. The fourth-order valence-electron chi connectivity index (χ4n) is 9.52. The first-order valence-corrected chi connectivity index (χ1v) is 13.5. The van der Waals surface area contributed by atoms with Crippen LogP contribution in [0.3, 0.4) is 0 Å².